The first kappa shape index (κ1) is 33.2. The fourth-order valence-electron chi connectivity index (χ4n) is 7.58. The first-order valence-corrected chi connectivity index (χ1v) is 17.6. The van der Waals surface area contributed by atoms with Gasteiger partial charge in [-0.15, -0.1) is 0 Å². The van der Waals surface area contributed by atoms with Gasteiger partial charge in [-0.25, -0.2) is 0 Å². The highest BCUT2D eigenvalue weighted by Gasteiger charge is 2.20. The molecule has 0 heteroatoms. The maximum absolute atomic E-state index is 2.45. The lowest BCUT2D eigenvalue weighted by molar-refractivity contribution is 1.08. The van der Waals surface area contributed by atoms with Crippen LogP contribution in [-0.2, 0) is 19.3 Å². The van der Waals surface area contributed by atoms with E-state index in [-0.39, 0.29) is 0 Å². The molecule has 0 aliphatic rings. The molecule has 0 radical (unpaired) electrons. The van der Waals surface area contributed by atoms with Crippen molar-refractivity contribution in [3.63, 3.8) is 0 Å². The Bertz CT molecular complexity index is 2140. The number of benzene rings is 6. The maximum atomic E-state index is 2.45. The Morgan fingerprint density at radius 3 is 1.08 bits per heavy atom. The van der Waals surface area contributed by atoms with Crippen LogP contribution in [0.1, 0.15) is 79.2 Å². The molecule has 0 saturated heterocycles. The topological polar surface area (TPSA) is 0 Å². The summed E-state index contributed by atoms with van der Waals surface area (Å²) in [6, 6.07) is 38.9. The smallest absolute Gasteiger partial charge is 0.000819 e. The second-order valence-corrected chi connectivity index (χ2v) is 13.9. The molecule has 0 unspecified atom stereocenters. The normalized spacial score (nSPS) is 11.3. The Balaban J connectivity index is 1.52. The largest absolute Gasteiger partial charge is 0.0614 e. The first-order chi connectivity index (χ1) is 23.1. The minimum Gasteiger partial charge on any atom is -0.0614 e. The van der Waals surface area contributed by atoms with Crippen LogP contribution in [0, 0.1) is 55.4 Å². The third kappa shape index (κ3) is 6.29. The van der Waals surface area contributed by atoms with Gasteiger partial charge in [0.15, 0.2) is 0 Å². The molecule has 6 aromatic rings. The Labute approximate surface area is 289 Å². The fourth-order valence-corrected chi connectivity index (χ4v) is 7.58. The summed E-state index contributed by atoms with van der Waals surface area (Å²) in [5.74, 6) is 0. The standard InChI is InChI=1S/C48H50/c1-10-38-26-35(7)47(48(27-38)40-22-12-17-31(3)37(40)9)29-46-34(6)20-15-25-43(46)42-24-14-19-33(5)45(42)28-44-32(4)18-13-23-41(44)39-21-11-16-30(2)36(39)8/h11-27H,10,28-29H2,1-9H3. The molecule has 0 bridgehead atoms. The lowest BCUT2D eigenvalue weighted by Gasteiger charge is -2.23. The van der Waals surface area contributed by atoms with E-state index in [9.17, 15) is 0 Å². The molecule has 242 valence electrons. The van der Waals surface area contributed by atoms with Crippen molar-refractivity contribution in [1.82, 2.24) is 0 Å². The van der Waals surface area contributed by atoms with Gasteiger partial charge in [0, 0.05) is 0 Å². The molecule has 0 heterocycles. The summed E-state index contributed by atoms with van der Waals surface area (Å²) in [4.78, 5) is 0. The molecule has 0 fully saturated rings. The van der Waals surface area contributed by atoms with Gasteiger partial charge >= 0.3 is 0 Å². The minimum absolute atomic E-state index is 0.892. The third-order valence-electron chi connectivity index (χ3n) is 11.0. The summed E-state index contributed by atoms with van der Waals surface area (Å²) in [5.41, 5.74) is 26.0. The average molecular weight is 627 g/mol. The highest BCUT2D eigenvalue weighted by molar-refractivity contribution is 5.79. The van der Waals surface area contributed by atoms with Crippen LogP contribution < -0.4 is 0 Å². The van der Waals surface area contributed by atoms with E-state index in [1.165, 1.54) is 106 Å². The van der Waals surface area contributed by atoms with E-state index < -0.39 is 0 Å². The lowest BCUT2D eigenvalue weighted by atomic mass is 9.81. The average Bonchev–Trinajstić information content (AvgIpc) is 3.07. The second-order valence-electron chi connectivity index (χ2n) is 13.9. The predicted octanol–water partition coefficient (Wildman–Crippen LogP) is 12.9. The fraction of sp³-hybridized carbons (Fsp3) is 0.250. The molecular weight excluding hydrogens is 577 g/mol. The lowest BCUT2D eigenvalue weighted by Crippen LogP contribution is -2.05. The van der Waals surface area contributed by atoms with Crippen molar-refractivity contribution in [3.05, 3.63) is 175 Å². The third-order valence-corrected chi connectivity index (χ3v) is 11.0. The van der Waals surface area contributed by atoms with Crippen molar-refractivity contribution in [3.8, 4) is 33.4 Å². The molecule has 0 amide bonds. The highest BCUT2D eigenvalue weighted by atomic mass is 14.2. The maximum Gasteiger partial charge on any atom is -0.000819 e. The zero-order chi connectivity index (χ0) is 34.1. The van der Waals surface area contributed by atoms with Crippen molar-refractivity contribution in [1.29, 1.82) is 0 Å². The van der Waals surface area contributed by atoms with Crippen LogP contribution in [0.3, 0.4) is 0 Å². The molecule has 0 saturated carbocycles. The van der Waals surface area contributed by atoms with Crippen molar-refractivity contribution >= 4 is 0 Å². The van der Waals surface area contributed by atoms with Crippen molar-refractivity contribution in [2.24, 2.45) is 0 Å². The van der Waals surface area contributed by atoms with E-state index >= 15 is 0 Å². The van der Waals surface area contributed by atoms with Gasteiger partial charge in [-0.2, -0.15) is 0 Å². The van der Waals surface area contributed by atoms with Gasteiger partial charge in [-0.3, -0.25) is 0 Å². The van der Waals surface area contributed by atoms with Crippen LogP contribution in [-0.4, -0.2) is 0 Å². The Hall–Kier alpha value is -4.68. The molecule has 6 aromatic carbocycles. The van der Waals surface area contributed by atoms with Crippen LogP contribution in [0.4, 0.5) is 0 Å². The Kier molecular flexibility index (Phi) is 9.56. The highest BCUT2D eigenvalue weighted by Crippen LogP contribution is 2.39. The molecule has 0 aliphatic carbocycles. The van der Waals surface area contributed by atoms with Gasteiger partial charge in [-0.05, 0) is 180 Å². The molecule has 48 heavy (non-hydrogen) atoms. The van der Waals surface area contributed by atoms with Gasteiger partial charge in [0.25, 0.3) is 0 Å². The monoisotopic (exact) mass is 626 g/mol. The van der Waals surface area contributed by atoms with Crippen LogP contribution >= 0.6 is 0 Å². The Morgan fingerprint density at radius 2 is 0.667 bits per heavy atom. The number of aryl methyl sites for hydroxylation is 7. The van der Waals surface area contributed by atoms with E-state index in [1.807, 2.05) is 0 Å². The van der Waals surface area contributed by atoms with Crippen molar-refractivity contribution in [2.75, 3.05) is 0 Å². The zero-order valence-corrected chi connectivity index (χ0v) is 30.4. The molecule has 0 atom stereocenters. The first-order valence-electron chi connectivity index (χ1n) is 17.6. The van der Waals surface area contributed by atoms with E-state index in [4.69, 9.17) is 0 Å². The SMILES string of the molecule is CCc1cc(C)c(Cc2c(C)cccc2-c2cccc(C)c2Cc2c(C)cccc2-c2cccc(C)c2C)c(-c2cccc(C)c2C)c1. The zero-order valence-electron chi connectivity index (χ0n) is 30.4. The van der Waals surface area contributed by atoms with Gasteiger partial charge in [0.1, 0.15) is 0 Å². The summed E-state index contributed by atoms with van der Waals surface area (Å²) in [6.45, 7) is 20.4. The quantitative estimate of drug-likeness (QED) is 0.158. The van der Waals surface area contributed by atoms with E-state index in [1.54, 1.807) is 0 Å². The van der Waals surface area contributed by atoms with Crippen LogP contribution in [0.5, 0.6) is 0 Å². The summed E-state index contributed by atoms with van der Waals surface area (Å²) in [6.07, 6.45) is 2.82. The predicted molar refractivity (Wildman–Crippen MR) is 209 cm³/mol. The number of rotatable bonds is 8. The van der Waals surface area contributed by atoms with Gasteiger partial charge in [0.05, 0.1) is 0 Å². The molecule has 0 aliphatic heterocycles. The number of hydrogen-bond donors (Lipinski definition) is 0. The molecule has 0 aromatic heterocycles. The summed E-state index contributed by atoms with van der Waals surface area (Å²) in [5, 5.41) is 0. The molecule has 0 nitrogen and oxygen atoms in total. The van der Waals surface area contributed by atoms with E-state index in [0.29, 0.717) is 0 Å². The van der Waals surface area contributed by atoms with Crippen molar-refractivity contribution in [2.45, 2.75) is 81.6 Å². The molecule has 6 rings (SSSR count). The summed E-state index contributed by atoms with van der Waals surface area (Å²) in [7, 11) is 0. The minimum atomic E-state index is 0.892. The van der Waals surface area contributed by atoms with Gasteiger partial charge < -0.3 is 0 Å². The molecule has 0 N–H and O–H groups in total. The van der Waals surface area contributed by atoms with Crippen LogP contribution in [0.15, 0.2) is 103 Å². The van der Waals surface area contributed by atoms with Crippen LogP contribution in [0.2, 0.25) is 0 Å². The van der Waals surface area contributed by atoms with Gasteiger partial charge in [0.2, 0.25) is 0 Å². The summed E-state index contributed by atoms with van der Waals surface area (Å²) >= 11 is 0. The molecule has 0 spiro atoms. The number of hydrogen-bond acceptors (Lipinski definition) is 0. The van der Waals surface area contributed by atoms with Crippen molar-refractivity contribution < 1.29 is 0 Å². The Morgan fingerprint density at radius 1 is 0.333 bits per heavy atom. The molecular formula is C48H50. The second kappa shape index (κ2) is 13.8. The summed E-state index contributed by atoms with van der Waals surface area (Å²) < 4.78 is 0. The van der Waals surface area contributed by atoms with Crippen LogP contribution in [0.25, 0.3) is 33.4 Å². The van der Waals surface area contributed by atoms with Gasteiger partial charge in [-0.1, -0.05) is 110 Å². The van der Waals surface area contributed by atoms with E-state index in [2.05, 4.69) is 165 Å². The van der Waals surface area contributed by atoms with E-state index in [0.717, 1.165) is 19.3 Å².